The van der Waals surface area contributed by atoms with Crippen molar-refractivity contribution >= 4 is 5.97 Å². The molecule has 0 aromatic carbocycles. The van der Waals surface area contributed by atoms with Crippen LogP contribution in [0.25, 0.3) is 0 Å². The quantitative estimate of drug-likeness (QED) is 0.757. The first kappa shape index (κ1) is 14.5. The zero-order chi connectivity index (χ0) is 13.1. The third kappa shape index (κ3) is 3.96. The Hall–Kier alpha value is -0.610. The Kier molecular flexibility index (Phi) is 4.95. The molecule has 0 amide bonds. The van der Waals surface area contributed by atoms with Gasteiger partial charge in [0.05, 0.1) is 12.5 Å². The van der Waals surface area contributed by atoms with Gasteiger partial charge in [0, 0.05) is 18.6 Å². The summed E-state index contributed by atoms with van der Waals surface area (Å²) in [5.41, 5.74) is 5.46. The summed E-state index contributed by atoms with van der Waals surface area (Å²) in [7, 11) is 3.54. The van der Waals surface area contributed by atoms with Gasteiger partial charge >= 0.3 is 5.97 Å². The van der Waals surface area contributed by atoms with Gasteiger partial charge in [-0.05, 0) is 46.6 Å². The van der Waals surface area contributed by atoms with Crippen molar-refractivity contribution in [2.75, 3.05) is 20.7 Å². The van der Waals surface area contributed by atoms with Crippen LogP contribution in [0.2, 0.25) is 0 Å². The van der Waals surface area contributed by atoms with Crippen LogP contribution in [0.3, 0.4) is 0 Å². The molecular formula is C13H26N2O2. The molecular weight excluding hydrogens is 216 g/mol. The number of esters is 1. The van der Waals surface area contributed by atoms with Crippen molar-refractivity contribution in [2.24, 2.45) is 11.1 Å². The fraction of sp³-hybridized carbons (Fsp3) is 0.923. The molecule has 4 nitrogen and oxygen atoms in total. The number of nitrogens with two attached hydrogens (primary N) is 1. The summed E-state index contributed by atoms with van der Waals surface area (Å²) in [5, 5.41) is 0. The van der Waals surface area contributed by atoms with E-state index >= 15 is 0 Å². The summed E-state index contributed by atoms with van der Waals surface area (Å²) in [6.45, 7) is 4.60. The second-order valence-electron chi connectivity index (χ2n) is 5.86. The molecule has 0 radical (unpaired) electrons. The third-order valence-corrected chi connectivity index (χ3v) is 3.75. The van der Waals surface area contributed by atoms with Gasteiger partial charge in [-0.25, -0.2) is 0 Å². The molecule has 0 heterocycles. The second-order valence-corrected chi connectivity index (χ2v) is 5.86. The van der Waals surface area contributed by atoms with E-state index in [0.29, 0.717) is 12.1 Å². The molecule has 0 aliphatic heterocycles. The van der Waals surface area contributed by atoms with Crippen molar-refractivity contribution in [3.63, 3.8) is 0 Å². The number of nitrogens with zero attached hydrogens (tertiary/aromatic N) is 1. The van der Waals surface area contributed by atoms with Gasteiger partial charge in [0.25, 0.3) is 0 Å². The lowest BCUT2D eigenvalue weighted by Crippen LogP contribution is -2.45. The lowest BCUT2D eigenvalue weighted by molar-refractivity contribution is -0.152. The molecule has 17 heavy (non-hydrogen) atoms. The first-order valence-electron chi connectivity index (χ1n) is 6.41. The summed E-state index contributed by atoms with van der Waals surface area (Å²) in [4.78, 5) is 13.9. The fourth-order valence-corrected chi connectivity index (χ4v) is 2.64. The van der Waals surface area contributed by atoms with Crippen LogP contribution in [-0.2, 0) is 9.53 Å². The van der Waals surface area contributed by atoms with Crippen molar-refractivity contribution in [1.29, 1.82) is 0 Å². The molecule has 0 aromatic heterocycles. The molecule has 0 bridgehead atoms. The molecule has 0 aromatic rings. The highest BCUT2D eigenvalue weighted by Crippen LogP contribution is 2.25. The van der Waals surface area contributed by atoms with Gasteiger partial charge in [0.15, 0.2) is 0 Å². The topological polar surface area (TPSA) is 55.6 Å². The summed E-state index contributed by atoms with van der Waals surface area (Å²) in [5.74, 6) is -0.142. The van der Waals surface area contributed by atoms with Gasteiger partial charge in [-0.2, -0.15) is 0 Å². The number of carbonyl (C=O) groups excluding carboxylic acids is 1. The first-order chi connectivity index (χ1) is 7.86. The van der Waals surface area contributed by atoms with Crippen molar-refractivity contribution in [1.82, 2.24) is 4.90 Å². The van der Waals surface area contributed by atoms with E-state index in [-0.39, 0.29) is 5.97 Å². The smallest absolute Gasteiger partial charge is 0.312 e. The van der Waals surface area contributed by atoms with Gasteiger partial charge < -0.3 is 15.4 Å². The largest absolute Gasteiger partial charge is 0.469 e. The predicted octanol–water partition coefficient (Wildman–Crippen LogP) is 1.39. The van der Waals surface area contributed by atoms with Crippen LogP contribution in [0, 0.1) is 5.41 Å². The van der Waals surface area contributed by atoms with Crippen LogP contribution < -0.4 is 5.73 Å². The molecule has 0 atom stereocenters. The molecule has 1 aliphatic carbocycles. The standard InChI is InChI=1S/C13H26N2O2/c1-13(2,12(16)17-4)9-15(3)11-7-5-10(14)6-8-11/h10-11H,5-9,14H2,1-4H3. The van der Waals surface area contributed by atoms with Crippen molar-refractivity contribution in [3.8, 4) is 0 Å². The molecule has 1 rings (SSSR count). The maximum Gasteiger partial charge on any atom is 0.312 e. The molecule has 2 N–H and O–H groups in total. The number of hydrogen-bond donors (Lipinski definition) is 1. The van der Waals surface area contributed by atoms with Gasteiger partial charge in [-0.15, -0.1) is 0 Å². The SMILES string of the molecule is COC(=O)C(C)(C)CN(C)C1CCC(N)CC1. The van der Waals surface area contributed by atoms with E-state index in [9.17, 15) is 4.79 Å². The Labute approximate surface area is 104 Å². The number of hydrogen-bond acceptors (Lipinski definition) is 4. The number of carbonyl (C=O) groups is 1. The molecule has 1 saturated carbocycles. The number of methoxy groups -OCH3 is 1. The Bertz CT molecular complexity index is 258. The normalized spacial score (nSPS) is 26.0. The average Bonchev–Trinajstić information content (AvgIpc) is 2.28. The number of ether oxygens (including phenoxy) is 1. The molecule has 0 spiro atoms. The lowest BCUT2D eigenvalue weighted by atomic mass is 9.88. The summed E-state index contributed by atoms with van der Waals surface area (Å²) in [6, 6.07) is 0.923. The van der Waals surface area contributed by atoms with E-state index in [1.807, 2.05) is 13.8 Å². The molecule has 4 heteroatoms. The maximum atomic E-state index is 11.6. The van der Waals surface area contributed by atoms with Crippen molar-refractivity contribution < 1.29 is 9.53 Å². The van der Waals surface area contributed by atoms with E-state index in [1.54, 1.807) is 0 Å². The monoisotopic (exact) mass is 242 g/mol. The zero-order valence-electron chi connectivity index (χ0n) is 11.5. The molecule has 0 unspecified atom stereocenters. The molecule has 100 valence electrons. The Morgan fingerprint density at radius 3 is 2.35 bits per heavy atom. The lowest BCUT2D eigenvalue weighted by Gasteiger charge is -2.37. The van der Waals surface area contributed by atoms with E-state index in [2.05, 4.69) is 11.9 Å². The second kappa shape index (κ2) is 5.83. The maximum absolute atomic E-state index is 11.6. The van der Waals surface area contributed by atoms with Crippen LogP contribution in [0.15, 0.2) is 0 Å². The van der Waals surface area contributed by atoms with E-state index < -0.39 is 5.41 Å². The number of rotatable bonds is 4. The van der Waals surface area contributed by atoms with Crippen molar-refractivity contribution in [3.05, 3.63) is 0 Å². The summed E-state index contributed by atoms with van der Waals surface area (Å²) in [6.07, 6.45) is 4.45. The third-order valence-electron chi connectivity index (χ3n) is 3.75. The molecule has 1 aliphatic rings. The Morgan fingerprint density at radius 2 is 1.88 bits per heavy atom. The Balaban J connectivity index is 2.48. The fourth-order valence-electron chi connectivity index (χ4n) is 2.64. The minimum absolute atomic E-state index is 0.142. The highest BCUT2D eigenvalue weighted by molar-refractivity contribution is 5.76. The van der Waals surface area contributed by atoms with Gasteiger partial charge in [0.1, 0.15) is 0 Å². The van der Waals surface area contributed by atoms with Gasteiger partial charge in [0.2, 0.25) is 0 Å². The van der Waals surface area contributed by atoms with Gasteiger partial charge in [-0.1, -0.05) is 0 Å². The van der Waals surface area contributed by atoms with E-state index in [0.717, 1.165) is 32.2 Å². The summed E-state index contributed by atoms with van der Waals surface area (Å²) < 4.78 is 4.83. The van der Waals surface area contributed by atoms with Crippen LogP contribution in [0.1, 0.15) is 39.5 Å². The van der Waals surface area contributed by atoms with Crippen LogP contribution in [0.4, 0.5) is 0 Å². The first-order valence-corrected chi connectivity index (χ1v) is 6.41. The van der Waals surface area contributed by atoms with E-state index in [4.69, 9.17) is 10.5 Å². The minimum atomic E-state index is -0.441. The van der Waals surface area contributed by atoms with Crippen molar-refractivity contribution in [2.45, 2.75) is 51.6 Å². The average molecular weight is 242 g/mol. The van der Waals surface area contributed by atoms with Crippen LogP contribution in [-0.4, -0.2) is 43.7 Å². The summed E-state index contributed by atoms with van der Waals surface area (Å²) >= 11 is 0. The van der Waals surface area contributed by atoms with Crippen LogP contribution >= 0.6 is 0 Å². The highest BCUT2D eigenvalue weighted by atomic mass is 16.5. The minimum Gasteiger partial charge on any atom is -0.469 e. The van der Waals surface area contributed by atoms with Crippen LogP contribution in [0.5, 0.6) is 0 Å². The molecule has 0 saturated heterocycles. The highest BCUT2D eigenvalue weighted by Gasteiger charge is 2.32. The predicted molar refractivity (Wildman–Crippen MR) is 68.7 cm³/mol. The molecule has 1 fully saturated rings. The zero-order valence-corrected chi connectivity index (χ0v) is 11.5. The van der Waals surface area contributed by atoms with Gasteiger partial charge in [-0.3, -0.25) is 4.79 Å². The van der Waals surface area contributed by atoms with E-state index in [1.165, 1.54) is 7.11 Å². The Morgan fingerprint density at radius 1 is 1.35 bits per heavy atom.